The highest BCUT2D eigenvalue weighted by Gasteiger charge is 2.14. The van der Waals surface area contributed by atoms with E-state index in [1.807, 2.05) is 54.0 Å². The number of thiazole rings is 1. The molecular weight excluding hydrogens is 426 g/mol. The fraction of sp³-hybridized carbons (Fsp3) is 0.200. The summed E-state index contributed by atoms with van der Waals surface area (Å²) in [5, 5.41) is 3.02. The van der Waals surface area contributed by atoms with Crippen molar-refractivity contribution in [2.45, 2.75) is 20.4 Å². The molecule has 31 heavy (non-hydrogen) atoms. The quantitative estimate of drug-likeness (QED) is 0.349. The van der Waals surface area contributed by atoms with Crippen LogP contribution in [-0.4, -0.2) is 28.9 Å². The van der Waals surface area contributed by atoms with Crippen LogP contribution in [0.15, 0.2) is 72.2 Å². The zero-order chi connectivity index (χ0) is 20.9. The van der Waals surface area contributed by atoms with Gasteiger partial charge in [0.1, 0.15) is 0 Å². The Kier molecular flexibility index (Phi) is 7.80. The van der Waals surface area contributed by atoms with Crippen molar-refractivity contribution in [3.8, 4) is 11.1 Å². The molecule has 1 N–H and O–H groups in total. The van der Waals surface area contributed by atoms with Gasteiger partial charge in [-0.2, -0.15) is 0 Å². The summed E-state index contributed by atoms with van der Waals surface area (Å²) in [6.07, 6.45) is 0. The predicted molar refractivity (Wildman–Crippen MR) is 133 cm³/mol. The number of fused-ring (bicyclic) bond motifs is 1. The number of amides is 1. The zero-order valence-electron chi connectivity index (χ0n) is 17.7. The van der Waals surface area contributed by atoms with E-state index >= 15 is 0 Å². The van der Waals surface area contributed by atoms with Crippen molar-refractivity contribution in [1.29, 1.82) is 0 Å². The van der Waals surface area contributed by atoms with E-state index in [4.69, 9.17) is 0 Å². The molecule has 1 aromatic heterocycles. The van der Waals surface area contributed by atoms with Crippen LogP contribution in [-0.2, 0) is 6.54 Å². The second-order valence-electron chi connectivity index (χ2n) is 7.19. The van der Waals surface area contributed by atoms with Crippen molar-refractivity contribution in [1.82, 2.24) is 9.88 Å². The average molecular weight is 452 g/mol. The van der Waals surface area contributed by atoms with Gasteiger partial charge in [0.2, 0.25) is 0 Å². The molecule has 0 fully saturated rings. The molecule has 4 nitrogen and oxygen atoms in total. The van der Waals surface area contributed by atoms with E-state index in [1.165, 1.54) is 11.1 Å². The monoisotopic (exact) mass is 451 g/mol. The maximum absolute atomic E-state index is 13.0. The first-order valence-electron chi connectivity index (χ1n) is 10.2. The number of benzene rings is 3. The molecule has 3 aromatic carbocycles. The third-order valence-corrected chi connectivity index (χ3v) is 6.14. The minimum Gasteiger partial charge on any atom is -0.322 e. The molecule has 0 aliphatic heterocycles. The Labute approximate surface area is 193 Å². The maximum Gasteiger partial charge on any atom is 0.255 e. The van der Waals surface area contributed by atoms with Crippen molar-refractivity contribution < 1.29 is 4.79 Å². The van der Waals surface area contributed by atoms with Gasteiger partial charge in [-0.15, -0.1) is 23.7 Å². The Morgan fingerprint density at radius 1 is 1.00 bits per heavy atom. The lowest BCUT2D eigenvalue weighted by Crippen LogP contribution is -2.23. The van der Waals surface area contributed by atoms with Crippen LogP contribution >= 0.6 is 23.7 Å². The number of nitrogens with zero attached hydrogens (tertiary/aromatic N) is 2. The average Bonchev–Trinajstić information content (AvgIpc) is 3.26. The van der Waals surface area contributed by atoms with Crippen molar-refractivity contribution in [3.63, 3.8) is 0 Å². The van der Waals surface area contributed by atoms with E-state index in [0.717, 1.165) is 41.1 Å². The number of carbonyl (C=O) groups is 1. The molecule has 6 heteroatoms. The first-order valence-corrected chi connectivity index (χ1v) is 11.1. The molecule has 1 amide bonds. The molecule has 0 aliphatic carbocycles. The summed E-state index contributed by atoms with van der Waals surface area (Å²) in [5.41, 5.74) is 7.64. The van der Waals surface area contributed by atoms with Crippen LogP contribution in [0.5, 0.6) is 0 Å². The van der Waals surface area contributed by atoms with Gasteiger partial charge >= 0.3 is 0 Å². The van der Waals surface area contributed by atoms with Crippen LogP contribution in [0.25, 0.3) is 21.3 Å². The van der Waals surface area contributed by atoms with Gasteiger partial charge in [-0.3, -0.25) is 9.69 Å². The number of hydrogen-bond acceptors (Lipinski definition) is 4. The minimum absolute atomic E-state index is 0. The van der Waals surface area contributed by atoms with Gasteiger partial charge < -0.3 is 5.32 Å². The van der Waals surface area contributed by atoms with Crippen molar-refractivity contribution >= 4 is 45.6 Å². The van der Waals surface area contributed by atoms with Gasteiger partial charge in [-0.05, 0) is 60.1 Å². The molecule has 0 spiro atoms. The van der Waals surface area contributed by atoms with Gasteiger partial charge in [0.05, 0.1) is 15.7 Å². The summed E-state index contributed by atoms with van der Waals surface area (Å²) in [6.45, 7) is 7.07. The van der Waals surface area contributed by atoms with E-state index in [9.17, 15) is 4.79 Å². The third-order valence-electron chi connectivity index (χ3n) is 5.33. The molecule has 160 valence electrons. The van der Waals surface area contributed by atoms with Crippen LogP contribution < -0.4 is 5.32 Å². The first-order chi connectivity index (χ1) is 14.7. The zero-order valence-corrected chi connectivity index (χ0v) is 19.3. The number of halogens is 1. The van der Waals surface area contributed by atoms with E-state index < -0.39 is 0 Å². The molecule has 0 saturated carbocycles. The van der Waals surface area contributed by atoms with E-state index in [0.29, 0.717) is 5.56 Å². The lowest BCUT2D eigenvalue weighted by atomic mass is 9.96. The van der Waals surface area contributed by atoms with Gasteiger partial charge in [0.15, 0.2) is 0 Å². The molecule has 0 unspecified atom stereocenters. The standard InChI is InChI=1S/C25H25N3OS.ClH/c1-3-28(4-2)16-20-14-19(10-12-22(20)18-8-6-5-7-9-18)25(29)27-21-11-13-24-23(15-21)26-17-30-24;/h5-15,17H,3-4,16H2,1-2H3,(H,27,29);1H. The Morgan fingerprint density at radius 3 is 2.52 bits per heavy atom. The summed E-state index contributed by atoms with van der Waals surface area (Å²) in [4.78, 5) is 19.7. The number of aromatic nitrogens is 1. The molecule has 4 rings (SSSR count). The highest BCUT2D eigenvalue weighted by molar-refractivity contribution is 7.16. The Bertz CT molecular complexity index is 1160. The highest BCUT2D eigenvalue weighted by atomic mass is 35.5. The van der Waals surface area contributed by atoms with Crippen LogP contribution in [0, 0.1) is 0 Å². The van der Waals surface area contributed by atoms with Crippen LogP contribution in [0.3, 0.4) is 0 Å². The van der Waals surface area contributed by atoms with Crippen LogP contribution in [0.4, 0.5) is 5.69 Å². The van der Waals surface area contributed by atoms with Gasteiger partial charge in [0, 0.05) is 17.8 Å². The molecule has 1 heterocycles. The summed E-state index contributed by atoms with van der Waals surface area (Å²) < 4.78 is 1.11. The maximum atomic E-state index is 13.0. The number of hydrogen-bond donors (Lipinski definition) is 1. The number of nitrogens with one attached hydrogen (secondary N) is 1. The van der Waals surface area contributed by atoms with Crippen molar-refractivity contribution in [2.24, 2.45) is 0 Å². The highest BCUT2D eigenvalue weighted by Crippen LogP contribution is 2.27. The third kappa shape index (κ3) is 5.31. The van der Waals surface area contributed by atoms with Crippen molar-refractivity contribution in [3.05, 3.63) is 83.4 Å². The summed E-state index contributed by atoms with van der Waals surface area (Å²) in [6, 6.07) is 22.2. The molecule has 0 radical (unpaired) electrons. The fourth-order valence-corrected chi connectivity index (χ4v) is 4.25. The summed E-state index contributed by atoms with van der Waals surface area (Å²) in [7, 11) is 0. The number of carbonyl (C=O) groups excluding carboxylic acids is 1. The lowest BCUT2D eigenvalue weighted by Gasteiger charge is -2.21. The smallest absolute Gasteiger partial charge is 0.255 e. The fourth-order valence-electron chi connectivity index (χ4n) is 3.59. The molecular formula is C25H26ClN3OS. The predicted octanol–water partition coefficient (Wildman–Crippen LogP) is 6.48. The topological polar surface area (TPSA) is 45.2 Å². The SMILES string of the molecule is CCN(CC)Cc1cc(C(=O)Nc2ccc3scnc3c2)ccc1-c1ccccc1.Cl. The summed E-state index contributed by atoms with van der Waals surface area (Å²) in [5.74, 6) is -0.106. The van der Waals surface area contributed by atoms with Crippen molar-refractivity contribution in [2.75, 3.05) is 18.4 Å². The largest absolute Gasteiger partial charge is 0.322 e. The Hall–Kier alpha value is -2.73. The van der Waals surface area contributed by atoms with E-state index in [-0.39, 0.29) is 18.3 Å². The normalized spacial score (nSPS) is 10.8. The number of rotatable bonds is 7. The summed E-state index contributed by atoms with van der Waals surface area (Å²) >= 11 is 1.59. The van der Waals surface area contributed by atoms with Crippen LogP contribution in [0.1, 0.15) is 29.8 Å². The Balaban J connectivity index is 0.00000272. The number of anilines is 1. The first kappa shape index (κ1) is 22.9. The molecule has 0 saturated heterocycles. The van der Waals surface area contributed by atoms with E-state index in [1.54, 1.807) is 11.3 Å². The van der Waals surface area contributed by atoms with Gasteiger partial charge in [-0.25, -0.2) is 4.98 Å². The van der Waals surface area contributed by atoms with Crippen LogP contribution in [0.2, 0.25) is 0 Å². The molecule has 0 aliphatic rings. The minimum atomic E-state index is -0.106. The van der Waals surface area contributed by atoms with E-state index in [2.05, 4.69) is 47.2 Å². The second kappa shape index (κ2) is 10.5. The molecule has 0 atom stereocenters. The molecule has 4 aromatic rings. The second-order valence-corrected chi connectivity index (χ2v) is 8.07. The van der Waals surface area contributed by atoms with Gasteiger partial charge in [-0.1, -0.05) is 50.2 Å². The lowest BCUT2D eigenvalue weighted by molar-refractivity contribution is 0.102. The molecule has 0 bridgehead atoms. The Morgan fingerprint density at radius 2 is 1.77 bits per heavy atom. The van der Waals surface area contributed by atoms with Gasteiger partial charge in [0.25, 0.3) is 5.91 Å².